The standard InChI is InChI=1S/C108H96N4O20S8/c1-13-129-105-85(57-81(133(113,114)73-33-17-65(5)18-34-73)61-97(105)137(121,122)77-41-25-69(9)26-42-77)101-89-49-51-91(109-89)102(86-58-82(134(115,116)74-35-19-66(6)20-36-74)62-98(106(86)130-14-2)138(123,124)78-43-27-70(10)28-44-78)93-53-55-95(111-93)104(88-60-84(136(119,120)76-39-23-68(8)24-40-76)64-100(108(88)132-16-4)140(127,128)80-47-31-72(12)32-48-80)96-56-54-94(112-96)103(92-52-50-90(101)110-92)87-59-83(135(117,118)75-37-21-67(7)22-38-75)63-99(107(87)131-15-3)139(125,126)79-45-29-71(11)30-46-79/h17-64,109-112H,13-16H2,1-12H3. The maximum atomic E-state index is 16.2. The molecule has 0 unspecified atom stereocenters. The molecule has 0 aliphatic carbocycles. The van der Waals surface area contributed by atoms with E-state index in [1.54, 1.807) is 180 Å². The van der Waals surface area contributed by atoms with E-state index in [2.05, 4.69) is 19.9 Å². The van der Waals surface area contributed by atoms with Gasteiger partial charge in [-0.15, -0.1) is 0 Å². The van der Waals surface area contributed by atoms with Crippen molar-refractivity contribution >= 4 is 101 Å². The summed E-state index contributed by atoms with van der Waals surface area (Å²) in [7, 11) is -39.1. The molecule has 140 heavy (non-hydrogen) atoms. The van der Waals surface area contributed by atoms with Crippen LogP contribution in [0.3, 0.4) is 0 Å². The van der Waals surface area contributed by atoms with Crippen LogP contribution in [0, 0.1) is 55.4 Å². The lowest BCUT2D eigenvalue weighted by atomic mass is 10.0. The van der Waals surface area contributed by atoms with Crippen LogP contribution in [0.15, 0.2) is 370 Å². The minimum atomic E-state index is -4.93. The molecule has 24 nitrogen and oxygen atoms in total. The van der Waals surface area contributed by atoms with Crippen LogP contribution < -0.4 is 40.3 Å². The number of H-pyrrole nitrogens is 4. The van der Waals surface area contributed by atoms with E-state index in [0.29, 0.717) is 44.5 Å². The second-order valence-corrected chi connectivity index (χ2v) is 49.6. The van der Waals surface area contributed by atoms with Crippen LogP contribution in [0.2, 0.25) is 0 Å². The summed E-state index contributed by atoms with van der Waals surface area (Å²) in [6.45, 7) is 19.3. The monoisotopic (exact) mass is 2020 g/mol. The average molecular weight is 2030 g/mol. The van der Waals surface area contributed by atoms with Gasteiger partial charge in [-0.25, -0.2) is 67.3 Å². The van der Waals surface area contributed by atoms with E-state index in [1.807, 2.05) is 0 Å². The number of aromatic nitrogens is 4. The van der Waals surface area contributed by atoms with Crippen LogP contribution in [0.4, 0.5) is 0 Å². The summed E-state index contributed by atoms with van der Waals surface area (Å²) in [6.07, 6.45) is 0. The summed E-state index contributed by atoms with van der Waals surface area (Å²) in [5.74, 6) is -1.61. The number of fused-ring (bicyclic) bond motifs is 8. The number of ether oxygens (including phenoxy) is 4. The summed E-state index contributed by atoms with van der Waals surface area (Å²) >= 11 is 0. The molecule has 17 rings (SSSR count). The van der Waals surface area contributed by atoms with Crippen molar-refractivity contribution < 1.29 is 86.3 Å². The summed E-state index contributed by atoms with van der Waals surface area (Å²) < 4.78 is 284. The molecular formula is C108H96N4O20S8. The summed E-state index contributed by atoms with van der Waals surface area (Å²) in [4.78, 5) is 7.41. The minimum absolute atomic E-state index is 0.0397. The van der Waals surface area contributed by atoms with Gasteiger partial charge in [0.2, 0.25) is 78.7 Å². The first kappa shape index (κ1) is 97.7. The van der Waals surface area contributed by atoms with Crippen molar-refractivity contribution in [3.05, 3.63) is 402 Å². The van der Waals surface area contributed by atoms with Gasteiger partial charge in [-0.1, -0.05) is 142 Å². The number of nitrogens with one attached hydrogen (secondary N) is 4. The van der Waals surface area contributed by atoms with Crippen molar-refractivity contribution in [3.8, 4) is 23.0 Å². The Balaban J connectivity index is 1.12. The van der Waals surface area contributed by atoms with E-state index in [9.17, 15) is 0 Å². The summed E-state index contributed by atoms with van der Waals surface area (Å²) in [5, 5.41) is -0.159. The molecule has 716 valence electrons. The number of rotatable bonds is 28. The van der Waals surface area contributed by atoms with Crippen LogP contribution >= 0.6 is 0 Å². The number of aromatic amines is 4. The SMILES string of the molecule is CCOc1c(C2=c3ccc([nH]3)=C(c3cc(S(=O)(=O)c4ccc(C)cc4)cc(S(=O)(=O)c4ccc(C)cc4)c3OCC)c3ccc([nH]3)C(c3cc(S(=O)(=O)c4ccc(C)cc4)cc(S(=O)(=O)c4ccc(C)cc4)c3OCC)=c3ccc([nH]3)=C(c3cc(S(=O)(=O)c4ccc(C)cc4)cc(S(=O)(=O)c4ccc(C)cc4)c3OCC)c3ccc2[nH]3)cc(S(=O)(=O)c2ccc(C)cc2)cc1S(=O)(=O)c1ccc(C)cc1. The molecule has 4 N–H and O–H groups in total. The van der Waals surface area contributed by atoms with E-state index >= 15 is 67.3 Å². The lowest BCUT2D eigenvalue weighted by Gasteiger charge is -2.21. The molecule has 16 aromatic rings. The zero-order chi connectivity index (χ0) is 99.8. The van der Waals surface area contributed by atoms with Gasteiger partial charge in [0.15, 0.2) is 0 Å². The average Bonchev–Trinajstić information content (AvgIpc) is 1.41. The maximum absolute atomic E-state index is 16.2. The Morgan fingerprint density at radius 2 is 0.329 bits per heavy atom. The fraction of sp³-hybridized carbons (Fsp3) is 0.148. The van der Waals surface area contributed by atoms with Crippen LogP contribution in [-0.4, -0.2) is 114 Å². The third-order valence-electron chi connectivity index (χ3n) is 24.3. The van der Waals surface area contributed by atoms with Gasteiger partial charge in [0.05, 0.1) is 85.2 Å². The lowest BCUT2D eigenvalue weighted by Crippen LogP contribution is -2.21. The molecule has 0 spiro atoms. The molecule has 0 fully saturated rings. The molecule has 4 aromatic heterocycles. The highest BCUT2D eigenvalue weighted by Crippen LogP contribution is 2.48. The predicted octanol–water partition coefficient (Wildman–Crippen LogP) is 17.0. The topological polar surface area (TPSA) is 373 Å². The molecule has 1 aliphatic rings. The van der Waals surface area contributed by atoms with Crippen LogP contribution in [0.5, 0.6) is 23.0 Å². The van der Waals surface area contributed by atoms with Gasteiger partial charge < -0.3 is 38.9 Å². The van der Waals surface area contributed by atoms with Crippen molar-refractivity contribution in [3.63, 3.8) is 0 Å². The Labute approximate surface area is 813 Å². The Kier molecular flexibility index (Phi) is 26.3. The Morgan fingerprint density at radius 3 is 0.479 bits per heavy atom. The molecule has 12 aromatic carbocycles. The summed E-state index contributed by atoms with van der Waals surface area (Å²) in [5.41, 5.74) is 3.97. The van der Waals surface area contributed by atoms with Gasteiger partial charge in [-0.05, 0) is 277 Å². The van der Waals surface area contributed by atoms with Gasteiger partial charge >= 0.3 is 0 Å². The fourth-order valence-electron chi connectivity index (χ4n) is 16.9. The molecule has 1 aliphatic heterocycles. The number of benzene rings is 12. The van der Waals surface area contributed by atoms with E-state index in [1.165, 1.54) is 170 Å². The lowest BCUT2D eigenvalue weighted by molar-refractivity contribution is 0.329. The van der Waals surface area contributed by atoms with Gasteiger partial charge in [0, 0.05) is 88.7 Å². The van der Waals surface area contributed by atoms with Crippen molar-refractivity contribution in [2.24, 2.45) is 0 Å². The van der Waals surface area contributed by atoms with Crippen molar-refractivity contribution in [1.29, 1.82) is 0 Å². The molecule has 32 heteroatoms. The van der Waals surface area contributed by atoms with Gasteiger partial charge in [0.1, 0.15) is 42.6 Å². The number of hydrogen-bond donors (Lipinski definition) is 4. The van der Waals surface area contributed by atoms with Crippen molar-refractivity contribution in [2.75, 3.05) is 26.4 Å². The van der Waals surface area contributed by atoms with Gasteiger partial charge in [-0.2, -0.15) is 0 Å². The smallest absolute Gasteiger partial charge is 0.210 e. The highest BCUT2D eigenvalue weighted by atomic mass is 32.2. The Hall–Kier alpha value is -14.0. The molecule has 0 saturated carbocycles. The first-order valence-corrected chi connectivity index (χ1v) is 56.4. The fourth-order valence-corrected chi connectivity index (χ4v) is 28.2. The first-order valence-electron chi connectivity index (χ1n) is 44.6. The highest BCUT2D eigenvalue weighted by molar-refractivity contribution is 7.94. The van der Waals surface area contributed by atoms with Crippen LogP contribution in [-0.2, 0) is 78.7 Å². The molecule has 0 radical (unpaired) electrons. The van der Waals surface area contributed by atoms with E-state index < -0.39 is 141 Å². The first-order chi connectivity index (χ1) is 66.5. The quantitative estimate of drug-likeness (QED) is 0.0354. The third kappa shape index (κ3) is 18.1. The second-order valence-electron chi connectivity index (χ2n) is 34.1. The molecule has 5 heterocycles. The minimum Gasteiger partial charge on any atom is -0.492 e. The third-order valence-corrected chi connectivity index (χ3v) is 38.4. The van der Waals surface area contributed by atoms with Crippen molar-refractivity contribution in [1.82, 2.24) is 19.9 Å². The molecule has 8 bridgehead atoms. The number of hydrogen-bond acceptors (Lipinski definition) is 20. The molecule has 0 saturated heterocycles. The molecule has 0 amide bonds. The Morgan fingerprint density at radius 1 is 0.179 bits per heavy atom. The summed E-state index contributed by atoms with van der Waals surface area (Å²) in [6, 6.07) is 68.5. The van der Waals surface area contributed by atoms with Crippen LogP contribution in [0.25, 0.3) is 22.3 Å². The Bertz CT molecular complexity index is 7950. The zero-order valence-corrected chi connectivity index (χ0v) is 84.5. The van der Waals surface area contributed by atoms with Gasteiger partial charge in [-0.3, -0.25) is 0 Å². The largest absolute Gasteiger partial charge is 0.492 e. The predicted molar refractivity (Wildman–Crippen MR) is 532 cm³/mol. The van der Waals surface area contributed by atoms with E-state index in [4.69, 9.17) is 18.9 Å². The maximum Gasteiger partial charge on any atom is 0.210 e. The van der Waals surface area contributed by atoms with Crippen molar-refractivity contribution in [2.45, 2.75) is 161 Å². The van der Waals surface area contributed by atoms with E-state index in [-0.39, 0.29) is 154 Å². The van der Waals surface area contributed by atoms with E-state index in [0.717, 1.165) is 24.3 Å². The van der Waals surface area contributed by atoms with Crippen LogP contribution in [0.1, 0.15) is 117 Å². The highest BCUT2D eigenvalue weighted by Gasteiger charge is 2.39. The second kappa shape index (κ2) is 37.7. The number of sulfone groups is 8. The zero-order valence-electron chi connectivity index (χ0n) is 78.0. The molecule has 0 atom stereocenters. The molecular weight excluding hydrogens is 1930 g/mol. The normalized spacial score (nSPS) is 12.9. The van der Waals surface area contributed by atoms with Gasteiger partial charge in [0.25, 0.3) is 0 Å². The number of aryl methyl sites for hydroxylation is 8.